The molecule has 1 aliphatic rings. The minimum Gasteiger partial charge on any atom is -0.504 e. The third-order valence-corrected chi connectivity index (χ3v) is 7.61. The Hall–Kier alpha value is -4.93. The summed E-state index contributed by atoms with van der Waals surface area (Å²) in [5, 5.41) is 22.2. The predicted octanol–water partition coefficient (Wildman–Crippen LogP) is 4.55. The van der Waals surface area contributed by atoms with Gasteiger partial charge in [0, 0.05) is 11.7 Å². The van der Waals surface area contributed by atoms with E-state index in [0.717, 1.165) is 32.1 Å². The summed E-state index contributed by atoms with van der Waals surface area (Å²) in [5.74, 6) is -1.25. The van der Waals surface area contributed by atoms with Crippen LogP contribution in [0.5, 0.6) is 11.5 Å². The Balaban J connectivity index is 1.59. The Morgan fingerprint density at radius 2 is 1.79 bits per heavy atom. The molecule has 3 aromatic carbocycles. The molecule has 224 valence electrons. The van der Waals surface area contributed by atoms with E-state index in [4.69, 9.17) is 9.47 Å². The zero-order chi connectivity index (χ0) is 30.3. The molecule has 1 fully saturated rings. The average molecular weight is 586 g/mol. The molecule has 0 radical (unpaired) electrons. The fourth-order valence-corrected chi connectivity index (χ4v) is 5.47. The second-order valence-electron chi connectivity index (χ2n) is 10.4. The van der Waals surface area contributed by atoms with Crippen LogP contribution < -0.4 is 15.0 Å². The first-order valence-electron chi connectivity index (χ1n) is 14.4. The van der Waals surface area contributed by atoms with Crippen molar-refractivity contribution in [1.82, 2.24) is 20.3 Å². The Kier molecular flexibility index (Phi) is 9.19. The number of phenolic OH excluding ortho intramolecular Hbond substituents is 1. The smallest absolute Gasteiger partial charge is 0.338 e. The van der Waals surface area contributed by atoms with Gasteiger partial charge in [0.1, 0.15) is 18.1 Å². The molecule has 5 rings (SSSR count). The van der Waals surface area contributed by atoms with Crippen molar-refractivity contribution in [3.8, 4) is 11.5 Å². The Morgan fingerprint density at radius 1 is 1.05 bits per heavy atom. The number of hydrogen-bond donors (Lipinski definition) is 2. The van der Waals surface area contributed by atoms with Gasteiger partial charge in [0.05, 0.1) is 24.8 Å². The van der Waals surface area contributed by atoms with Gasteiger partial charge in [-0.15, -0.1) is 5.10 Å². The molecule has 1 heterocycles. The van der Waals surface area contributed by atoms with Crippen molar-refractivity contribution in [3.05, 3.63) is 77.9 Å². The lowest BCUT2D eigenvalue weighted by molar-refractivity contribution is -0.127. The third kappa shape index (κ3) is 6.61. The minimum absolute atomic E-state index is 0.0296. The summed E-state index contributed by atoms with van der Waals surface area (Å²) in [7, 11) is 1.44. The number of carbonyl (C=O) groups is 3. The number of aromatic hydroxyl groups is 1. The Labute approximate surface area is 249 Å². The number of ether oxygens (including phenoxy) is 2. The van der Waals surface area contributed by atoms with Gasteiger partial charge in [0.2, 0.25) is 11.8 Å². The van der Waals surface area contributed by atoms with Gasteiger partial charge in [-0.3, -0.25) is 14.5 Å². The molecule has 2 N–H and O–H groups in total. The number of anilines is 1. The lowest BCUT2D eigenvalue weighted by Crippen LogP contribution is -2.48. The number of nitrogens with zero attached hydrogens (tertiary/aromatic N) is 4. The monoisotopic (exact) mass is 585 g/mol. The van der Waals surface area contributed by atoms with E-state index in [2.05, 4.69) is 15.6 Å². The van der Waals surface area contributed by atoms with E-state index in [-0.39, 0.29) is 36.6 Å². The van der Waals surface area contributed by atoms with Crippen molar-refractivity contribution in [1.29, 1.82) is 0 Å². The standard InChI is InChI=1S/C32H35N5O6/c1-3-43-32(41)21-13-16-24(17-14-21)37(29(39)20-36-26-12-8-7-11-25(26)34-35-36)30(22-15-18-28(42-2)27(38)19-22)31(40)33-23-9-5-4-6-10-23/h7-8,11-19,23,30,38H,3-6,9-10,20H2,1-2H3,(H,33,40)/t30-/m0/s1. The van der Waals surface area contributed by atoms with Crippen LogP contribution in [-0.4, -0.2) is 57.6 Å². The maximum absolute atomic E-state index is 14.3. The molecule has 2 amide bonds. The number of benzene rings is 3. The second-order valence-corrected chi connectivity index (χ2v) is 10.4. The Bertz CT molecular complexity index is 1600. The van der Waals surface area contributed by atoms with Crippen LogP contribution >= 0.6 is 0 Å². The molecule has 11 nitrogen and oxygen atoms in total. The molecule has 1 aliphatic carbocycles. The van der Waals surface area contributed by atoms with Crippen molar-refractivity contribution < 1.29 is 29.0 Å². The van der Waals surface area contributed by atoms with Crippen LogP contribution in [0.4, 0.5) is 5.69 Å². The molecule has 43 heavy (non-hydrogen) atoms. The van der Waals surface area contributed by atoms with Gasteiger partial charge in [-0.05, 0) is 73.9 Å². The van der Waals surface area contributed by atoms with Crippen molar-refractivity contribution in [2.75, 3.05) is 18.6 Å². The molecule has 0 bridgehead atoms. The highest BCUT2D eigenvalue weighted by atomic mass is 16.5. The summed E-state index contributed by atoms with van der Waals surface area (Å²) >= 11 is 0. The summed E-state index contributed by atoms with van der Waals surface area (Å²) in [6.45, 7) is 1.73. The number of rotatable bonds is 10. The zero-order valence-corrected chi connectivity index (χ0v) is 24.2. The molecule has 0 unspecified atom stereocenters. The van der Waals surface area contributed by atoms with Gasteiger partial charge >= 0.3 is 5.97 Å². The van der Waals surface area contributed by atoms with Gasteiger partial charge in [-0.1, -0.05) is 42.7 Å². The molecule has 1 aromatic heterocycles. The van der Waals surface area contributed by atoms with Crippen LogP contribution in [-0.2, 0) is 20.9 Å². The summed E-state index contributed by atoms with van der Waals surface area (Å²) in [6, 6.07) is 17.1. The number of para-hydroxylation sites is 1. The number of methoxy groups -OCH3 is 1. The molecule has 0 saturated heterocycles. The van der Waals surface area contributed by atoms with Crippen molar-refractivity contribution in [2.24, 2.45) is 0 Å². The second kappa shape index (κ2) is 13.4. The zero-order valence-electron chi connectivity index (χ0n) is 24.2. The largest absolute Gasteiger partial charge is 0.504 e. The first-order chi connectivity index (χ1) is 20.9. The van der Waals surface area contributed by atoms with Crippen LogP contribution in [0.3, 0.4) is 0 Å². The maximum atomic E-state index is 14.3. The SMILES string of the molecule is CCOC(=O)c1ccc(N(C(=O)Cn2nnc3ccccc32)[C@H](C(=O)NC2CCCCC2)c2ccc(OC)c(O)c2)cc1. The predicted molar refractivity (Wildman–Crippen MR) is 160 cm³/mol. The van der Waals surface area contributed by atoms with Crippen molar-refractivity contribution in [3.63, 3.8) is 0 Å². The Morgan fingerprint density at radius 3 is 2.49 bits per heavy atom. The molecular formula is C32H35N5O6. The summed E-state index contributed by atoms with van der Waals surface area (Å²) < 4.78 is 11.8. The molecular weight excluding hydrogens is 550 g/mol. The van der Waals surface area contributed by atoms with E-state index in [1.54, 1.807) is 49.4 Å². The third-order valence-electron chi connectivity index (χ3n) is 7.61. The number of amides is 2. The average Bonchev–Trinajstić information content (AvgIpc) is 3.43. The highest BCUT2D eigenvalue weighted by Crippen LogP contribution is 2.35. The van der Waals surface area contributed by atoms with Crippen LogP contribution in [0.2, 0.25) is 0 Å². The van der Waals surface area contributed by atoms with Gasteiger partial charge in [-0.25, -0.2) is 9.48 Å². The van der Waals surface area contributed by atoms with Crippen LogP contribution in [0.1, 0.15) is 61.0 Å². The number of aromatic nitrogens is 3. The van der Waals surface area contributed by atoms with Crippen LogP contribution in [0.15, 0.2) is 66.7 Å². The van der Waals surface area contributed by atoms with E-state index < -0.39 is 17.9 Å². The number of esters is 1. The molecule has 0 aliphatic heterocycles. The topological polar surface area (TPSA) is 136 Å². The summed E-state index contributed by atoms with van der Waals surface area (Å²) in [6.07, 6.45) is 4.83. The van der Waals surface area contributed by atoms with Gasteiger partial charge < -0.3 is 19.9 Å². The van der Waals surface area contributed by atoms with E-state index in [1.807, 2.05) is 18.2 Å². The molecule has 11 heteroatoms. The van der Waals surface area contributed by atoms with E-state index in [9.17, 15) is 19.5 Å². The molecule has 4 aromatic rings. The van der Waals surface area contributed by atoms with Crippen LogP contribution in [0, 0.1) is 0 Å². The molecule has 1 atom stereocenters. The van der Waals surface area contributed by atoms with E-state index >= 15 is 0 Å². The minimum atomic E-state index is -1.16. The normalized spacial score (nSPS) is 14.2. The maximum Gasteiger partial charge on any atom is 0.338 e. The number of hydrogen-bond acceptors (Lipinski definition) is 8. The number of carbonyl (C=O) groups excluding carboxylic acids is 3. The lowest BCUT2D eigenvalue weighted by Gasteiger charge is -2.33. The molecule has 0 spiro atoms. The summed E-state index contributed by atoms with van der Waals surface area (Å²) in [4.78, 5) is 42.2. The quantitative estimate of drug-likeness (QED) is 0.259. The van der Waals surface area contributed by atoms with E-state index in [1.165, 1.54) is 22.8 Å². The van der Waals surface area contributed by atoms with Crippen LogP contribution in [0.25, 0.3) is 11.0 Å². The van der Waals surface area contributed by atoms with Gasteiger partial charge in [0.15, 0.2) is 11.5 Å². The summed E-state index contributed by atoms with van der Waals surface area (Å²) in [5.41, 5.74) is 2.37. The number of fused-ring (bicyclic) bond motifs is 1. The highest BCUT2D eigenvalue weighted by molar-refractivity contribution is 6.02. The van der Waals surface area contributed by atoms with Gasteiger partial charge in [-0.2, -0.15) is 0 Å². The fourth-order valence-electron chi connectivity index (χ4n) is 5.47. The van der Waals surface area contributed by atoms with Gasteiger partial charge in [0.25, 0.3) is 0 Å². The first kappa shape index (κ1) is 29.6. The molecule has 1 saturated carbocycles. The van der Waals surface area contributed by atoms with E-state index in [0.29, 0.717) is 27.8 Å². The first-order valence-corrected chi connectivity index (χ1v) is 14.4. The highest BCUT2D eigenvalue weighted by Gasteiger charge is 2.35. The number of nitrogens with one attached hydrogen (secondary N) is 1. The number of phenols is 1. The lowest BCUT2D eigenvalue weighted by atomic mass is 9.94. The van der Waals surface area contributed by atoms with Crippen molar-refractivity contribution >= 4 is 34.5 Å². The van der Waals surface area contributed by atoms with Crippen molar-refractivity contribution in [2.45, 2.75) is 57.7 Å². The fraction of sp³-hybridized carbons (Fsp3) is 0.344.